The quantitative estimate of drug-likeness (QED) is 0.672. The molecule has 94 valence electrons. The van der Waals surface area contributed by atoms with E-state index in [1.165, 1.54) is 12.4 Å². The van der Waals surface area contributed by atoms with Gasteiger partial charge in [-0.1, -0.05) is 32.4 Å². The Kier molecular flexibility index (Phi) is 4.46. The monoisotopic (exact) mass is 263 g/mol. The summed E-state index contributed by atoms with van der Waals surface area (Å²) in [5.41, 5.74) is -0.518. The molecule has 0 aliphatic rings. The average molecular weight is 264 g/mol. The Morgan fingerprint density at radius 1 is 1.50 bits per heavy atom. The molecule has 4 nitrogen and oxygen atoms in total. The van der Waals surface area contributed by atoms with Crippen molar-refractivity contribution in [1.29, 1.82) is 5.26 Å². The molecule has 0 aromatic carbocycles. The second-order valence-electron chi connectivity index (χ2n) is 4.75. The van der Waals surface area contributed by atoms with Gasteiger partial charge in [0, 0.05) is 17.8 Å². The summed E-state index contributed by atoms with van der Waals surface area (Å²) in [6, 6.07) is 5.22. The highest BCUT2D eigenvalue weighted by atomic mass is 35.5. The number of pyridine rings is 1. The number of rotatable bonds is 3. The van der Waals surface area contributed by atoms with E-state index in [0.717, 1.165) is 0 Å². The average Bonchev–Trinajstić information content (AvgIpc) is 2.31. The van der Waals surface area contributed by atoms with Crippen molar-refractivity contribution in [2.45, 2.75) is 20.8 Å². The number of nitrogens with one attached hydrogen (secondary N) is 1. The number of hydrogen-bond donors (Lipinski definition) is 1. The minimum absolute atomic E-state index is 0.0688. The molecule has 0 atom stereocenters. The number of Topliss-reactive ketones (excluding diaryl/α,β-unsaturated/α-hetero) is 1. The van der Waals surface area contributed by atoms with Crippen LogP contribution in [0.3, 0.4) is 0 Å². The zero-order valence-electron chi connectivity index (χ0n) is 10.5. The summed E-state index contributed by atoms with van der Waals surface area (Å²) < 4.78 is 0. The number of nitriles is 1. The number of allylic oxidation sites excluding steroid dienone is 1. The van der Waals surface area contributed by atoms with Crippen LogP contribution in [0.15, 0.2) is 30.1 Å². The molecule has 0 unspecified atom stereocenters. The van der Waals surface area contributed by atoms with E-state index in [-0.39, 0.29) is 11.4 Å². The maximum atomic E-state index is 11.9. The molecule has 1 N–H and O–H groups in total. The summed E-state index contributed by atoms with van der Waals surface area (Å²) in [7, 11) is 0. The topological polar surface area (TPSA) is 65.8 Å². The van der Waals surface area contributed by atoms with Crippen LogP contribution >= 0.6 is 11.6 Å². The minimum Gasteiger partial charge on any atom is -0.345 e. The van der Waals surface area contributed by atoms with E-state index in [9.17, 15) is 4.79 Å². The van der Waals surface area contributed by atoms with Gasteiger partial charge in [-0.25, -0.2) is 4.98 Å². The third-order valence-corrected chi connectivity index (χ3v) is 2.36. The van der Waals surface area contributed by atoms with E-state index < -0.39 is 5.41 Å². The van der Waals surface area contributed by atoms with Gasteiger partial charge in [0.2, 0.25) is 0 Å². The highest BCUT2D eigenvalue weighted by Gasteiger charge is 2.24. The van der Waals surface area contributed by atoms with Gasteiger partial charge in [0.1, 0.15) is 17.5 Å². The van der Waals surface area contributed by atoms with Crippen LogP contribution in [0.25, 0.3) is 0 Å². The van der Waals surface area contributed by atoms with Gasteiger partial charge in [-0.05, 0) is 12.1 Å². The molecule has 1 aromatic rings. The molecule has 0 spiro atoms. The third-order valence-electron chi connectivity index (χ3n) is 2.14. The maximum absolute atomic E-state index is 11.9. The lowest BCUT2D eigenvalue weighted by molar-refractivity contribution is -0.122. The number of aromatic nitrogens is 1. The first kappa shape index (κ1) is 14.2. The summed E-state index contributed by atoms with van der Waals surface area (Å²) in [6.07, 6.45) is 2.85. The van der Waals surface area contributed by atoms with Crippen molar-refractivity contribution in [3.63, 3.8) is 0 Å². The Labute approximate surface area is 111 Å². The molecule has 0 amide bonds. The van der Waals surface area contributed by atoms with Crippen LogP contribution in [-0.2, 0) is 4.79 Å². The van der Waals surface area contributed by atoms with Crippen LogP contribution < -0.4 is 5.32 Å². The van der Waals surface area contributed by atoms with E-state index in [0.29, 0.717) is 10.8 Å². The van der Waals surface area contributed by atoms with Gasteiger partial charge in [-0.15, -0.1) is 0 Å². The Balaban J connectivity index is 2.85. The number of nitrogens with zero attached hydrogens (tertiary/aromatic N) is 2. The van der Waals surface area contributed by atoms with E-state index in [1.54, 1.807) is 32.9 Å². The van der Waals surface area contributed by atoms with Crippen LogP contribution in [-0.4, -0.2) is 10.8 Å². The lowest BCUT2D eigenvalue weighted by atomic mass is 9.87. The van der Waals surface area contributed by atoms with Crippen molar-refractivity contribution >= 4 is 23.2 Å². The number of hydrogen-bond acceptors (Lipinski definition) is 4. The lowest BCUT2D eigenvalue weighted by Gasteiger charge is -2.15. The van der Waals surface area contributed by atoms with Crippen molar-refractivity contribution in [2.75, 3.05) is 5.32 Å². The third kappa shape index (κ3) is 3.86. The molecule has 0 radical (unpaired) electrons. The van der Waals surface area contributed by atoms with Crippen molar-refractivity contribution in [3.05, 3.63) is 35.1 Å². The van der Waals surface area contributed by atoms with E-state index in [2.05, 4.69) is 10.3 Å². The lowest BCUT2D eigenvalue weighted by Crippen LogP contribution is -2.22. The number of halogens is 1. The fourth-order valence-electron chi connectivity index (χ4n) is 1.16. The summed E-state index contributed by atoms with van der Waals surface area (Å²) in [4.78, 5) is 15.9. The van der Waals surface area contributed by atoms with Crippen LogP contribution in [0.2, 0.25) is 5.02 Å². The number of carbonyl (C=O) groups excluding carboxylic acids is 1. The van der Waals surface area contributed by atoms with Crippen LogP contribution in [0.4, 0.5) is 5.82 Å². The summed E-state index contributed by atoms with van der Waals surface area (Å²) in [6.45, 7) is 5.29. The number of anilines is 1. The predicted molar refractivity (Wildman–Crippen MR) is 71.0 cm³/mol. The second-order valence-corrected chi connectivity index (χ2v) is 5.19. The Morgan fingerprint density at radius 2 is 2.17 bits per heavy atom. The largest absolute Gasteiger partial charge is 0.345 e. The molecule has 1 heterocycles. The first-order valence-corrected chi connectivity index (χ1v) is 5.75. The van der Waals surface area contributed by atoms with Gasteiger partial charge in [-0.3, -0.25) is 4.79 Å². The zero-order valence-corrected chi connectivity index (χ0v) is 11.2. The van der Waals surface area contributed by atoms with Gasteiger partial charge in [0.15, 0.2) is 5.78 Å². The van der Waals surface area contributed by atoms with E-state index in [4.69, 9.17) is 16.9 Å². The SMILES string of the molecule is CC(C)(C)C(=O)C(C#N)=CNc1ccc(Cl)cn1. The maximum Gasteiger partial charge on any atom is 0.180 e. The molecule has 0 saturated heterocycles. The van der Waals surface area contributed by atoms with Crippen molar-refractivity contribution in [1.82, 2.24) is 4.98 Å². The zero-order chi connectivity index (χ0) is 13.8. The summed E-state index contributed by atoms with van der Waals surface area (Å²) in [5.74, 6) is 0.306. The van der Waals surface area contributed by atoms with Gasteiger partial charge in [-0.2, -0.15) is 5.26 Å². The van der Waals surface area contributed by atoms with Crippen LogP contribution in [0, 0.1) is 16.7 Å². The molecular formula is C13H14ClN3O. The molecule has 18 heavy (non-hydrogen) atoms. The Morgan fingerprint density at radius 3 is 2.61 bits per heavy atom. The molecule has 5 heteroatoms. The standard InChI is InChI=1S/C13H14ClN3O/c1-13(2,3)12(18)9(6-15)7-16-11-5-4-10(14)8-17-11/h4-5,7-8H,1-3H3,(H,16,17). The second kappa shape index (κ2) is 5.65. The van der Waals surface area contributed by atoms with E-state index in [1.807, 2.05) is 6.07 Å². The van der Waals surface area contributed by atoms with Gasteiger partial charge in [0.05, 0.1) is 5.02 Å². The first-order valence-electron chi connectivity index (χ1n) is 5.38. The molecule has 0 saturated carbocycles. The molecule has 0 bridgehead atoms. The predicted octanol–water partition coefficient (Wildman–Crippen LogP) is 3.17. The molecule has 1 aromatic heterocycles. The molecule has 0 fully saturated rings. The van der Waals surface area contributed by atoms with Crippen LogP contribution in [0.5, 0.6) is 0 Å². The van der Waals surface area contributed by atoms with Crippen molar-refractivity contribution in [2.24, 2.45) is 5.41 Å². The van der Waals surface area contributed by atoms with Crippen molar-refractivity contribution < 1.29 is 4.79 Å². The highest BCUT2D eigenvalue weighted by molar-refractivity contribution is 6.30. The smallest absolute Gasteiger partial charge is 0.180 e. The number of carbonyl (C=O) groups is 1. The molecule has 1 rings (SSSR count). The van der Waals surface area contributed by atoms with Crippen molar-refractivity contribution in [3.8, 4) is 6.07 Å². The molecular weight excluding hydrogens is 250 g/mol. The van der Waals surface area contributed by atoms with Crippen LogP contribution in [0.1, 0.15) is 20.8 Å². The summed E-state index contributed by atoms with van der Waals surface area (Å²) >= 11 is 5.70. The highest BCUT2D eigenvalue weighted by Crippen LogP contribution is 2.19. The molecule has 0 aliphatic heterocycles. The normalized spacial score (nSPS) is 11.8. The Hall–Kier alpha value is -1.86. The Bertz CT molecular complexity index is 507. The van der Waals surface area contributed by atoms with Gasteiger partial charge in [0.25, 0.3) is 0 Å². The number of ketones is 1. The molecule has 0 aliphatic carbocycles. The fourth-order valence-corrected chi connectivity index (χ4v) is 1.27. The first-order chi connectivity index (χ1) is 8.34. The minimum atomic E-state index is -0.587. The van der Waals surface area contributed by atoms with Gasteiger partial charge < -0.3 is 5.32 Å². The van der Waals surface area contributed by atoms with E-state index >= 15 is 0 Å². The summed E-state index contributed by atoms with van der Waals surface area (Å²) in [5, 5.41) is 12.3. The van der Waals surface area contributed by atoms with Gasteiger partial charge >= 0.3 is 0 Å². The fraction of sp³-hybridized carbons (Fsp3) is 0.308.